The van der Waals surface area contributed by atoms with Gasteiger partial charge in [-0.15, -0.1) is 0 Å². The second-order valence-electron chi connectivity index (χ2n) is 9.38. The average Bonchev–Trinajstić information content (AvgIpc) is 3.57. The molecule has 0 bridgehead atoms. The number of carbonyl (C=O) groups is 1. The molecule has 36 heavy (non-hydrogen) atoms. The molecule has 0 radical (unpaired) electrons. The molecule has 192 valence electrons. The van der Waals surface area contributed by atoms with Gasteiger partial charge in [-0.2, -0.15) is 4.31 Å². The van der Waals surface area contributed by atoms with Crippen LogP contribution >= 0.6 is 11.3 Å². The molecule has 3 heterocycles. The zero-order valence-electron chi connectivity index (χ0n) is 20.7. The summed E-state index contributed by atoms with van der Waals surface area (Å²) in [6.07, 6.45) is 2.78. The SMILES string of the molecule is CCc1ccc2nc(N3CCN(C(=O)c4ccc(S(=O)(=O)N(C)CC5CCCO5)cc4)CC3)sc2c1. The number of ether oxygens (including phenoxy) is 1. The highest BCUT2D eigenvalue weighted by Gasteiger charge is 2.27. The molecule has 3 aromatic rings. The van der Waals surface area contributed by atoms with Crippen molar-refractivity contribution < 1.29 is 17.9 Å². The van der Waals surface area contributed by atoms with E-state index in [9.17, 15) is 13.2 Å². The lowest BCUT2D eigenvalue weighted by atomic mass is 10.2. The highest BCUT2D eigenvalue weighted by Crippen LogP contribution is 2.30. The van der Waals surface area contributed by atoms with Gasteiger partial charge in [-0.3, -0.25) is 4.79 Å². The Hall–Kier alpha value is -2.53. The second-order valence-corrected chi connectivity index (χ2v) is 12.4. The third-order valence-electron chi connectivity index (χ3n) is 6.98. The molecule has 1 amide bonds. The van der Waals surface area contributed by atoms with Crippen molar-refractivity contribution in [2.75, 3.05) is 51.3 Å². The van der Waals surface area contributed by atoms with E-state index in [1.807, 2.05) is 4.90 Å². The molecule has 8 nitrogen and oxygen atoms in total. The lowest BCUT2D eigenvalue weighted by Gasteiger charge is -2.34. The maximum atomic E-state index is 13.1. The van der Waals surface area contributed by atoms with Gasteiger partial charge in [-0.1, -0.05) is 24.3 Å². The number of sulfonamides is 1. The van der Waals surface area contributed by atoms with Crippen LogP contribution in [0, 0.1) is 0 Å². The number of nitrogens with zero attached hydrogens (tertiary/aromatic N) is 4. The van der Waals surface area contributed by atoms with Crippen LogP contribution in [0.4, 0.5) is 5.13 Å². The number of anilines is 1. The molecular weight excluding hydrogens is 496 g/mol. The summed E-state index contributed by atoms with van der Waals surface area (Å²) < 4.78 is 34.0. The van der Waals surface area contributed by atoms with Crippen molar-refractivity contribution >= 4 is 42.6 Å². The van der Waals surface area contributed by atoms with Gasteiger partial charge in [0.2, 0.25) is 10.0 Å². The number of rotatable bonds is 7. The highest BCUT2D eigenvalue weighted by atomic mass is 32.2. The Balaban J connectivity index is 1.20. The maximum absolute atomic E-state index is 13.1. The lowest BCUT2D eigenvalue weighted by Crippen LogP contribution is -2.48. The summed E-state index contributed by atoms with van der Waals surface area (Å²) in [6, 6.07) is 12.7. The first-order valence-corrected chi connectivity index (χ1v) is 14.7. The van der Waals surface area contributed by atoms with Crippen LogP contribution in [0.5, 0.6) is 0 Å². The quantitative estimate of drug-likeness (QED) is 0.466. The minimum Gasteiger partial charge on any atom is -0.377 e. The summed E-state index contributed by atoms with van der Waals surface area (Å²) in [6.45, 7) is 5.79. The molecular formula is C26H32N4O4S2. The van der Waals surface area contributed by atoms with Gasteiger partial charge >= 0.3 is 0 Å². The minimum absolute atomic E-state index is 0.0548. The Morgan fingerprint density at radius 1 is 1.14 bits per heavy atom. The summed E-state index contributed by atoms with van der Waals surface area (Å²) in [7, 11) is -2.06. The largest absolute Gasteiger partial charge is 0.377 e. The number of likely N-dealkylation sites (N-methyl/N-ethyl adjacent to an activating group) is 1. The van der Waals surface area contributed by atoms with Crippen LogP contribution in [0.1, 0.15) is 35.7 Å². The lowest BCUT2D eigenvalue weighted by molar-refractivity contribution is 0.0746. The van der Waals surface area contributed by atoms with Gasteiger partial charge in [-0.25, -0.2) is 13.4 Å². The molecule has 0 N–H and O–H groups in total. The molecule has 0 spiro atoms. The van der Waals surface area contributed by atoms with E-state index in [0.29, 0.717) is 44.9 Å². The van der Waals surface area contributed by atoms with E-state index in [4.69, 9.17) is 9.72 Å². The number of piperazine rings is 1. The number of hydrogen-bond donors (Lipinski definition) is 0. The molecule has 1 atom stereocenters. The van der Waals surface area contributed by atoms with E-state index >= 15 is 0 Å². The van der Waals surface area contributed by atoms with Gasteiger partial charge < -0.3 is 14.5 Å². The van der Waals surface area contributed by atoms with Crippen LogP contribution in [0.15, 0.2) is 47.4 Å². The smallest absolute Gasteiger partial charge is 0.253 e. The fourth-order valence-electron chi connectivity index (χ4n) is 4.72. The summed E-state index contributed by atoms with van der Waals surface area (Å²) >= 11 is 1.70. The van der Waals surface area contributed by atoms with Gasteiger partial charge in [0.05, 0.1) is 21.2 Å². The molecule has 2 aromatic carbocycles. The average molecular weight is 529 g/mol. The number of benzene rings is 2. The first kappa shape index (κ1) is 25.1. The van der Waals surface area contributed by atoms with Crippen LogP contribution in [0.25, 0.3) is 10.2 Å². The van der Waals surface area contributed by atoms with E-state index in [2.05, 4.69) is 30.0 Å². The molecule has 0 saturated carbocycles. The summed E-state index contributed by atoms with van der Waals surface area (Å²) in [5.74, 6) is -0.0804. The van der Waals surface area contributed by atoms with E-state index in [1.54, 1.807) is 30.5 Å². The van der Waals surface area contributed by atoms with Crippen molar-refractivity contribution in [2.24, 2.45) is 0 Å². The van der Waals surface area contributed by atoms with Crippen LogP contribution in [0.3, 0.4) is 0 Å². The monoisotopic (exact) mass is 528 g/mol. The van der Waals surface area contributed by atoms with Crippen LogP contribution in [0.2, 0.25) is 0 Å². The Labute approximate surface area is 216 Å². The molecule has 2 saturated heterocycles. The topological polar surface area (TPSA) is 83.1 Å². The molecule has 5 rings (SSSR count). The molecule has 2 aliphatic heterocycles. The molecule has 1 unspecified atom stereocenters. The van der Waals surface area contributed by atoms with Crippen molar-refractivity contribution in [1.82, 2.24) is 14.2 Å². The van der Waals surface area contributed by atoms with Gasteiger partial charge in [0, 0.05) is 51.9 Å². The Morgan fingerprint density at radius 2 is 1.89 bits per heavy atom. The van der Waals surface area contributed by atoms with Crippen molar-refractivity contribution in [3.63, 3.8) is 0 Å². The van der Waals surface area contributed by atoms with Crippen LogP contribution in [-0.2, 0) is 21.2 Å². The third-order valence-corrected chi connectivity index (χ3v) is 9.90. The fourth-order valence-corrected chi connectivity index (χ4v) is 7.00. The number of hydrogen-bond acceptors (Lipinski definition) is 7. The van der Waals surface area contributed by atoms with E-state index < -0.39 is 10.0 Å². The van der Waals surface area contributed by atoms with Crippen molar-refractivity contribution in [3.8, 4) is 0 Å². The standard InChI is InChI=1S/C26H32N4O4S2/c1-3-19-6-11-23-24(17-19)35-26(27-23)30-14-12-29(13-15-30)25(31)20-7-9-22(10-8-20)36(32,33)28(2)18-21-5-4-16-34-21/h6-11,17,21H,3-5,12-16,18H2,1-2H3. The van der Waals surface area contributed by atoms with Crippen molar-refractivity contribution in [1.29, 1.82) is 0 Å². The van der Waals surface area contributed by atoms with Crippen molar-refractivity contribution in [2.45, 2.75) is 37.2 Å². The Morgan fingerprint density at radius 3 is 2.56 bits per heavy atom. The van der Waals surface area contributed by atoms with E-state index in [0.717, 1.165) is 29.9 Å². The molecule has 10 heteroatoms. The maximum Gasteiger partial charge on any atom is 0.253 e. The fraction of sp³-hybridized carbons (Fsp3) is 0.462. The minimum atomic E-state index is -3.63. The highest BCUT2D eigenvalue weighted by molar-refractivity contribution is 7.89. The zero-order chi connectivity index (χ0) is 25.3. The van der Waals surface area contributed by atoms with Gasteiger partial charge in [0.15, 0.2) is 5.13 Å². The first-order valence-electron chi connectivity index (χ1n) is 12.5. The zero-order valence-corrected chi connectivity index (χ0v) is 22.4. The predicted octanol–water partition coefficient (Wildman–Crippen LogP) is 3.62. The summed E-state index contributed by atoms with van der Waals surface area (Å²) in [5, 5.41) is 0.993. The number of aromatic nitrogens is 1. The number of aryl methyl sites for hydroxylation is 1. The molecule has 0 aliphatic carbocycles. The van der Waals surface area contributed by atoms with Crippen molar-refractivity contribution in [3.05, 3.63) is 53.6 Å². The van der Waals surface area contributed by atoms with Gasteiger partial charge in [-0.05, 0) is 61.2 Å². The number of amides is 1. The molecule has 1 aromatic heterocycles. The third kappa shape index (κ3) is 5.13. The van der Waals surface area contributed by atoms with Crippen LogP contribution in [-0.4, -0.2) is 81.0 Å². The molecule has 2 fully saturated rings. The van der Waals surface area contributed by atoms with E-state index in [1.165, 1.54) is 26.7 Å². The number of carbonyl (C=O) groups excluding carboxylic acids is 1. The number of fused-ring (bicyclic) bond motifs is 1. The summed E-state index contributed by atoms with van der Waals surface area (Å²) in [4.78, 5) is 22.1. The second kappa shape index (κ2) is 10.5. The number of thiazole rings is 1. The van der Waals surface area contributed by atoms with E-state index in [-0.39, 0.29) is 16.9 Å². The first-order chi connectivity index (χ1) is 17.3. The summed E-state index contributed by atoms with van der Waals surface area (Å²) in [5.41, 5.74) is 2.82. The Kier molecular flexibility index (Phi) is 7.30. The predicted molar refractivity (Wildman–Crippen MR) is 142 cm³/mol. The normalized spacial score (nSPS) is 18.9. The Bertz CT molecular complexity index is 1330. The van der Waals surface area contributed by atoms with Crippen LogP contribution < -0.4 is 4.90 Å². The van der Waals surface area contributed by atoms with Gasteiger partial charge in [0.25, 0.3) is 5.91 Å². The van der Waals surface area contributed by atoms with Gasteiger partial charge in [0.1, 0.15) is 0 Å². The molecule has 2 aliphatic rings.